The van der Waals surface area contributed by atoms with Gasteiger partial charge >= 0.3 is 23.9 Å². The number of hydrogen-bond acceptors (Lipinski definition) is 14. The first-order chi connectivity index (χ1) is 30.3. The van der Waals surface area contributed by atoms with Crippen LogP contribution in [0.3, 0.4) is 0 Å². The van der Waals surface area contributed by atoms with E-state index in [2.05, 4.69) is 23.4 Å². The number of carbonyl (C=O) groups is 4. The number of rotatable bonds is 28. The van der Waals surface area contributed by atoms with E-state index in [1.54, 1.807) is 66.7 Å². The summed E-state index contributed by atoms with van der Waals surface area (Å²) in [5.41, 5.74) is 2.64. The molecule has 0 fully saturated rings. The summed E-state index contributed by atoms with van der Waals surface area (Å²) in [6.45, 7) is 8.74. The fourth-order valence-corrected chi connectivity index (χ4v) is 5.45. The lowest BCUT2D eigenvalue weighted by molar-refractivity contribution is -0.217. The highest BCUT2D eigenvalue weighted by Crippen LogP contribution is 2.23. The van der Waals surface area contributed by atoms with Gasteiger partial charge in [0.25, 0.3) is 0 Å². The van der Waals surface area contributed by atoms with Crippen molar-refractivity contribution in [3.63, 3.8) is 0 Å². The summed E-state index contributed by atoms with van der Waals surface area (Å²) in [6.07, 6.45) is 12.4. The summed E-state index contributed by atoms with van der Waals surface area (Å²) in [5.74, 6) is -0.0177. The molecular weight excluding hydrogens is 797 g/mol. The minimum absolute atomic E-state index is 0.117. The fraction of sp³-hybridized carbons (Fsp3) is 0.292. The molecule has 0 N–H and O–H groups in total. The zero-order valence-electron chi connectivity index (χ0n) is 34.9. The monoisotopic (exact) mass is 848 g/mol. The van der Waals surface area contributed by atoms with Crippen LogP contribution in [0.15, 0.2) is 127 Å². The molecule has 0 aliphatic heterocycles. The fourth-order valence-electron chi connectivity index (χ4n) is 5.45. The number of nitrogens with zero attached hydrogens (tertiary/aromatic N) is 2. The summed E-state index contributed by atoms with van der Waals surface area (Å²) < 4.78 is 31.9. The summed E-state index contributed by atoms with van der Waals surface area (Å²) in [7, 11) is 1.27. The number of methoxy groups -OCH3 is 1. The van der Waals surface area contributed by atoms with Crippen molar-refractivity contribution in [2.75, 3.05) is 33.5 Å². The van der Waals surface area contributed by atoms with Crippen molar-refractivity contribution in [1.82, 2.24) is 0 Å². The molecule has 0 bridgehead atoms. The van der Waals surface area contributed by atoms with Crippen LogP contribution in [0.1, 0.15) is 88.8 Å². The van der Waals surface area contributed by atoms with Gasteiger partial charge in [-0.3, -0.25) is 0 Å². The molecule has 14 heteroatoms. The smallest absolute Gasteiger partial charge is 0.343 e. The van der Waals surface area contributed by atoms with Crippen molar-refractivity contribution in [1.29, 1.82) is 0 Å². The molecule has 0 aliphatic rings. The lowest BCUT2D eigenvalue weighted by Crippen LogP contribution is -2.08. The third-order valence-electron chi connectivity index (χ3n) is 8.80. The van der Waals surface area contributed by atoms with Crippen LogP contribution in [0.25, 0.3) is 0 Å². The molecule has 0 spiro atoms. The first-order valence-electron chi connectivity index (χ1n) is 20.2. The Bertz CT molecular complexity index is 2100. The Morgan fingerprint density at radius 1 is 0.565 bits per heavy atom. The Morgan fingerprint density at radius 2 is 1.06 bits per heavy atom. The van der Waals surface area contributed by atoms with Crippen molar-refractivity contribution < 1.29 is 57.4 Å². The molecule has 14 nitrogen and oxygen atoms in total. The molecule has 4 rings (SSSR count). The number of carbonyl (C=O) groups excluding carboxylic acids is 4. The molecule has 0 aromatic heterocycles. The zero-order valence-corrected chi connectivity index (χ0v) is 34.9. The maximum atomic E-state index is 12.7. The van der Waals surface area contributed by atoms with Crippen molar-refractivity contribution in [2.45, 2.75) is 58.0 Å². The Morgan fingerprint density at radius 3 is 1.61 bits per heavy atom. The first kappa shape index (κ1) is 47.6. The van der Waals surface area contributed by atoms with E-state index in [1.807, 2.05) is 24.3 Å². The highest BCUT2D eigenvalue weighted by molar-refractivity contribution is 5.95. The second-order valence-electron chi connectivity index (χ2n) is 13.5. The normalized spacial score (nSPS) is 10.9. The number of ether oxygens (including phenoxy) is 6. The minimum atomic E-state index is -0.617. The van der Waals surface area contributed by atoms with E-state index in [4.69, 9.17) is 38.2 Å². The molecule has 0 amide bonds. The minimum Gasteiger partial charge on any atom is -0.494 e. The van der Waals surface area contributed by atoms with E-state index in [-0.39, 0.29) is 17.9 Å². The number of esters is 4. The molecule has 4 aromatic rings. The van der Waals surface area contributed by atoms with Crippen LogP contribution in [0.5, 0.6) is 23.0 Å². The predicted molar refractivity (Wildman–Crippen MR) is 233 cm³/mol. The molecule has 4 aromatic carbocycles. The summed E-state index contributed by atoms with van der Waals surface area (Å²) in [5, 5.41) is 8.18. The number of unbranched alkanes of at least 4 members (excludes halogenated alkanes) is 6. The topological polar surface area (TPSA) is 167 Å². The van der Waals surface area contributed by atoms with Gasteiger partial charge in [0.2, 0.25) is 0 Å². The number of benzene rings is 4. The van der Waals surface area contributed by atoms with E-state index in [0.717, 1.165) is 74.8 Å². The average molecular weight is 849 g/mol. The summed E-state index contributed by atoms with van der Waals surface area (Å²) in [6, 6.07) is 25.7. The third kappa shape index (κ3) is 18.1. The average Bonchev–Trinajstić information content (AvgIpc) is 3.30. The van der Waals surface area contributed by atoms with Gasteiger partial charge in [-0.2, -0.15) is 15.1 Å². The van der Waals surface area contributed by atoms with Crippen molar-refractivity contribution in [2.24, 2.45) is 10.2 Å². The molecule has 0 heterocycles. The molecule has 326 valence electrons. The zero-order chi connectivity index (χ0) is 44.2. The van der Waals surface area contributed by atoms with Gasteiger partial charge < -0.3 is 33.3 Å². The van der Waals surface area contributed by atoms with Crippen LogP contribution in [-0.2, 0) is 35.3 Å². The van der Waals surface area contributed by atoms with Crippen LogP contribution >= 0.6 is 0 Å². The van der Waals surface area contributed by atoms with E-state index >= 15 is 0 Å². The van der Waals surface area contributed by atoms with Crippen molar-refractivity contribution in [3.05, 3.63) is 144 Å². The van der Waals surface area contributed by atoms with Gasteiger partial charge in [-0.05, 0) is 147 Å². The summed E-state index contributed by atoms with van der Waals surface area (Å²) >= 11 is 0. The van der Waals surface area contributed by atoms with Crippen molar-refractivity contribution >= 4 is 36.3 Å². The van der Waals surface area contributed by atoms with Crippen LogP contribution in [0.2, 0.25) is 0 Å². The maximum Gasteiger partial charge on any atom is 0.343 e. The molecular formula is C48H52N2O12. The Kier molecular flexibility index (Phi) is 21.2. The van der Waals surface area contributed by atoms with Gasteiger partial charge in [0, 0.05) is 12.2 Å². The lowest BCUT2D eigenvalue weighted by Gasteiger charge is -2.10. The SMILES string of the molecule is C=CC(=O)OCCCCCCOc1ccc(COOc2ccc(C=NN=Cc3ccc(OC(=O)c4ccc(OCCCCCCOC(=O)C=C)cc4)cc3)cc2C(=O)OC)cc1. The van der Waals surface area contributed by atoms with Gasteiger partial charge in [0.1, 0.15) is 29.4 Å². The Balaban J connectivity index is 1.15. The molecule has 0 radical (unpaired) electrons. The molecule has 0 aliphatic carbocycles. The van der Waals surface area contributed by atoms with Gasteiger partial charge in [-0.1, -0.05) is 25.3 Å². The van der Waals surface area contributed by atoms with Crippen LogP contribution in [0, 0.1) is 0 Å². The molecule has 62 heavy (non-hydrogen) atoms. The summed E-state index contributed by atoms with van der Waals surface area (Å²) in [4.78, 5) is 58.3. The number of hydrogen-bond donors (Lipinski definition) is 0. The van der Waals surface area contributed by atoms with Gasteiger partial charge in [0.15, 0.2) is 5.75 Å². The maximum absolute atomic E-state index is 12.7. The highest BCUT2D eigenvalue weighted by Gasteiger charge is 2.15. The van der Waals surface area contributed by atoms with E-state index in [0.29, 0.717) is 54.6 Å². The van der Waals surface area contributed by atoms with Gasteiger partial charge in [-0.25, -0.2) is 19.2 Å². The molecule has 0 atom stereocenters. The van der Waals surface area contributed by atoms with Crippen LogP contribution in [-0.4, -0.2) is 69.8 Å². The van der Waals surface area contributed by atoms with E-state index in [9.17, 15) is 19.2 Å². The van der Waals surface area contributed by atoms with Crippen LogP contribution < -0.4 is 19.1 Å². The largest absolute Gasteiger partial charge is 0.494 e. The predicted octanol–water partition coefficient (Wildman–Crippen LogP) is 8.99. The third-order valence-corrected chi connectivity index (χ3v) is 8.80. The Labute approximate surface area is 361 Å². The quantitative estimate of drug-likeness (QED) is 0.00779. The first-order valence-corrected chi connectivity index (χ1v) is 20.2. The lowest BCUT2D eigenvalue weighted by atomic mass is 10.1. The molecule has 0 saturated heterocycles. The van der Waals surface area contributed by atoms with Crippen molar-refractivity contribution in [3.8, 4) is 23.0 Å². The second-order valence-corrected chi connectivity index (χ2v) is 13.5. The highest BCUT2D eigenvalue weighted by atomic mass is 17.2. The van der Waals surface area contributed by atoms with E-state index < -0.39 is 23.9 Å². The van der Waals surface area contributed by atoms with Crippen LogP contribution in [0.4, 0.5) is 0 Å². The standard InChI is InChI=1S/C48H52N2O12/c1-4-45(51)58-30-12-8-6-10-28-56-40-21-16-37(17-22-40)35-60-62-44-27-18-38(32-43(44)48(54)55-3)34-50-49-33-36-14-23-42(24-15-36)61-47(53)39-19-25-41(26-20-39)57-29-11-7-9-13-31-59-46(52)5-2/h4-5,14-27,32-34H,1-2,6-13,28-31,35H2,3H3. The molecule has 0 unspecified atom stereocenters. The van der Waals surface area contributed by atoms with Gasteiger partial charge in [-0.15, -0.1) is 0 Å². The van der Waals surface area contributed by atoms with Gasteiger partial charge in [0.05, 0.1) is 51.5 Å². The molecule has 0 saturated carbocycles. The van der Waals surface area contributed by atoms with E-state index in [1.165, 1.54) is 19.5 Å². The second kappa shape index (κ2) is 27.7. The Hall–Kier alpha value is -7.06.